The van der Waals surface area contributed by atoms with Gasteiger partial charge in [0.1, 0.15) is 0 Å². The number of halogens is 1. The molecule has 19 heavy (non-hydrogen) atoms. The molecule has 0 spiro atoms. The second kappa shape index (κ2) is 5.69. The van der Waals surface area contributed by atoms with Crippen LogP contribution in [0.3, 0.4) is 0 Å². The second-order valence-corrected chi connectivity index (χ2v) is 7.64. The first-order valence-corrected chi connectivity index (χ1v) is 8.54. The maximum Gasteiger partial charge on any atom is 0.152 e. The minimum Gasteiger partial charge on any atom is -0.370 e. The molecule has 1 fully saturated rings. The molecular formula is C13H19ClN2O2S. The van der Waals surface area contributed by atoms with Crippen LogP contribution in [0.5, 0.6) is 0 Å². The van der Waals surface area contributed by atoms with E-state index in [0.717, 1.165) is 17.7 Å². The van der Waals surface area contributed by atoms with Gasteiger partial charge in [-0.05, 0) is 37.1 Å². The molecule has 0 aromatic heterocycles. The largest absolute Gasteiger partial charge is 0.370 e. The van der Waals surface area contributed by atoms with E-state index in [-0.39, 0.29) is 17.5 Å². The van der Waals surface area contributed by atoms with Gasteiger partial charge in [0.25, 0.3) is 0 Å². The van der Waals surface area contributed by atoms with Gasteiger partial charge in [-0.15, -0.1) is 0 Å². The van der Waals surface area contributed by atoms with Crippen LogP contribution in [0.2, 0.25) is 5.02 Å². The van der Waals surface area contributed by atoms with Crippen LogP contribution in [-0.2, 0) is 16.3 Å². The minimum atomic E-state index is -2.88. The molecule has 106 valence electrons. The normalized spacial score (nSPS) is 21.5. The van der Waals surface area contributed by atoms with Crippen LogP contribution in [0.25, 0.3) is 0 Å². The zero-order valence-electron chi connectivity index (χ0n) is 11.0. The van der Waals surface area contributed by atoms with E-state index in [4.69, 9.17) is 17.3 Å². The number of sulfone groups is 1. The van der Waals surface area contributed by atoms with Crippen molar-refractivity contribution in [2.24, 2.45) is 5.73 Å². The van der Waals surface area contributed by atoms with Crippen LogP contribution in [0.15, 0.2) is 18.2 Å². The van der Waals surface area contributed by atoms with Crippen molar-refractivity contribution in [1.29, 1.82) is 0 Å². The summed E-state index contributed by atoms with van der Waals surface area (Å²) in [4.78, 5) is 2.03. The van der Waals surface area contributed by atoms with Crippen molar-refractivity contribution >= 4 is 27.1 Å². The summed E-state index contributed by atoms with van der Waals surface area (Å²) in [5.74, 6) is 0.493. The molecule has 1 aliphatic rings. The Morgan fingerprint density at radius 2 is 2.21 bits per heavy atom. The van der Waals surface area contributed by atoms with Gasteiger partial charge in [0.2, 0.25) is 0 Å². The molecule has 0 radical (unpaired) electrons. The van der Waals surface area contributed by atoms with Gasteiger partial charge in [0, 0.05) is 23.8 Å². The Labute approximate surface area is 119 Å². The van der Waals surface area contributed by atoms with Crippen molar-refractivity contribution in [3.8, 4) is 0 Å². The minimum absolute atomic E-state index is 0.0278. The van der Waals surface area contributed by atoms with Crippen molar-refractivity contribution in [2.45, 2.75) is 18.9 Å². The van der Waals surface area contributed by atoms with Gasteiger partial charge in [0.15, 0.2) is 9.84 Å². The Hall–Kier alpha value is -0.780. The molecule has 1 saturated heterocycles. The molecule has 1 atom stereocenters. The molecule has 0 aliphatic carbocycles. The van der Waals surface area contributed by atoms with Crippen molar-refractivity contribution in [3.05, 3.63) is 28.8 Å². The fraction of sp³-hybridized carbons (Fsp3) is 0.538. The highest BCUT2D eigenvalue weighted by molar-refractivity contribution is 7.91. The molecule has 0 amide bonds. The van der Waals surface area contributed by atoms with E-state index in [2.05, 4.69) is 0 Å². The van der Waals surface area contributed by atoms with Crippen molar-refractivity contribution in [3.63, 3.8) is 0 Å². The highest BCUT2D eigenvalue weighted by atomic mass is 35.5. The maximum absolute atomic E-state index is 11.6. The summed E-state index contributed by atoms with van der Waals surface area (Å²) in [6.07, 6.45) is 1.43. The summed E-state index contributed by atoms with van der Waals surface area (Å²) in [6.45, 7) is 0.561. The standard InChI is InChI=1S/C13H19ClN2O2S/c1-16(12-5-7-19(17,18)9-12)13-8-11(14)3-2-10(13)4-6-15/h2-3,8,12H,4-7,9,15H2,1H3. The summed E-state index contributed by atoms with van der Waals surface area (Å²) >= 11 is 6.05. The number of benzene rings is 1. The van der Waals surface area contributed by atoms with Crippen molar-refractivity contribution < 1.29 is 8.42 Å². The van der Waals surface area contributed by atoms with E-state index in [1.807, 2.05) is 30.1 Å². The first kappa shape index (κ1) is 14.6. The van der Waals surface area contributed by atoms with E-state index in [9.17, 15) is 8.42 Å². The van der Waals surface area contributed by atoms with Crippen molar-refractivity contribution in [1.82, 2.24) is 0 Å². The first-order chi connectivity index (χ1) is 8.93. The topological polar surface area (TPSA) is 63.4 Å². The number of rotatable bonds is 4. The van der Waals surface area contributed by atoms with E-state index >= 15 is 0 Å². The predicted molar refractivity (Wildman–Crippen MR) is 79.7 cm³/mol. The zero-order chi connectivity index (χ0) is 14.0. The molecule has 1 aliphatic heterocycles. The third kappa shape index (κ3) is 3.41. The molecule has 2 N–H and O–H groups in total. The Kier molecular flexibility index (Phi) is 4.38. The number of hydrogen-bond acceptors (Lipinski definition) is 4. The van der Waals surface area contributed by atoms with Gasteiger partial charge in [-0.1, -0.05) is 17.7 Å². The average molecular weight is 303 g/mol. The van der Waals surface area contributed by atoms with E-state index in [0.29, 0.717) is 18.0 Å². The van der Waals surface area contributed by atoms with Crippen LogP contribution in [0.4, 0.5) is 5.69 Å². The quantitative estimate of drug-likeness (QED) is 0.915. The van der Waals surface area contributed by atoms with E-state index < -0.39 is 9.84 Å². The third-order valence-electron chi connectivity index (χ3n) is 3.60. The lowest BCUT2D eigenvalue weighted by Gasteiger charge is -2.28. The Bertz CT molecular complexity index is 560. The fourth-order valence-corrected chi connectivity index (χ4v) is 4.45. The lowest BCUT2D eigenvalue weighted by molar-refractivity contribution is 0.600. The highest BCUT2D eigenvalue weighted by Crippen LogP contribution is 2.29. The molecular weight excluding hydrogens is 284 g/mol. The Morgan fingerprint density at radius 1 is 1.47 bits per heavy atom. The van der Waals surface area contributed by atoms with Gasteiger partial charge in [-0.3, -0.25) is 0 Å². The summed E-state index contributed by atoms with van der Waals surface area (Å²) in [5, 5.41) is 0.656. The van der Waals surface area contributed by atoms with Gasteiger partial charge in [-0.2, -0.15) is 0 Å². The number of nitrogens with two attached hydrogens (primary N) is 1. The first-order valence-electron chi connectivity index (χ1n) is 6.35. The molecule has 2 rings (SSSR count). The molecule has 0 bridgehead atoms. The summed E-state index contributed by atoms with van der Waals surface area (Å²) in [7, 11) is -0.955. The van der Waals surface area contributed by atoms with Crippen LogP contribution in [0.1, 0.15) is 12.0 Å². The molecule has 4 nitrogen and oxygen atoms in total. The van der Waals surface area contributed by atoms with Crippen LogP contribution in [0, 0.1) is 0 Å². The van der Waals surface area contributed by atoms with Gasteiger partial charge in [-0.25, -0.2) is 8.42 Å². The van der Waals surface area contributed by atoms with Crippen molar-refractivity contribution in [2.75, 3.05) is 30.0 Å². The van der Waals surface area contributed by atoms with E-state index in [1.54, 1.807) is 0 Å². The summed E-state index contributed by atoms with van der Waals surface area (Å²) in [5.41, 5.74) is 7.71. The van der Waals surface area contributed by atoms with Crippen LogP contribution >= 0.6 is 11.6 Å². The lowest BCUT2D eigenvalue weighted by atomic mass is 10.1. The molecule has 1 aromatic rings. The fourth-order valence-electron chi connectivity index (χ4n) is 2.51. The monoisotopic (exact) mass is 302 g/mol. The van der Waals surface area contributed by atoms with E-state index in [1.165, 1.54) is 0 Å². The molecule has 6 heteroatoms. The Morgan fingerprint density at radius 3 is 2.79 bits per heavy atom. The SMILES string of the molecule is CN(c1cc(Cl)ccc1CCN)C1CCS(=O)(=O)C1. The molecule has 1 unspecified atom stereocenters. The molecule has 0 saturated carbocycles. The zero-order valence-corrected chi connectivity index (χ0v) is 12.5. The molecule has 1 aromatic carbocycles. The summed E-state index contributed by atoms with van der Waals surface area (Å²) < 4.78 is 23.2. The molecule has 1 heterocycles. The highest BCUT2D eigenvalue weighted by Gasteiger charge is 2.31. The Balaban J connectivity index is 2.27. The van der Waals surface area contributed by atoms with Gasteiger partial charge in [0.05, 0.1) is 11.5 Å². The second-order valence-electron chi connectivity index (χ2n) is 4.98. The van der Waals surface area contributed by atoms with Gasteiger partial charge >= 0.3 is 0 Å². The smallest absolute Gasteiger partial charge is 0.152 e. The number of anilines is 1. The van der Waals surface area contributed by atoms with Crippen LogP contribution < -0.4 is 10.6 Å². The van der Waals surface area contributed by atoms with Gasteiger partial charge < -0.3 is 10.6 Å². The number of nitrogens with zero attached hydrogens (tertiary/aromatic N) is 1. The lowest BCUT2D eigenvalue weighted by Crippen LogP contribution is -2.33. The maximum atomic E-state index is 11.6. The average Bonchev–Trinajstić information content (AvgIpc) is 2.71. The third-order valence-corrected chi connectivity index (χ3v) is 5.58. The number of hydrogen-bond donors (Lipinski definition) is 1. The summed E-state index contributed by atoms with van der Waals surface area (Å²) in [6, 6.07) is 5.72. The van der Waals surface area contributed by atoms with Crippen LogP contribution in [-0.4, -0.2) is 39.6 Å². The predicted octanol–water partition coefficient (Wildman–Crippen LogP) is 1.46.